The summed E-state index contributed by atoms with van der Waals surface area (Å²) in [6.45, 7) is 0.397. The first-order valence-electron chi connectivity index (χ1n) is 7.40. The van der Waals surface area contributed by atoms with Crippen molar-refractivity contribution in [1.29, 1.82) is 0 Å². The van der Waals surface area contributed by atoms with Crippen molar-refractivity contribution >= 4 is 6.03 Å². The normalized spacial score (nSPS) is 11.9. The molecule has 3 aromatic heterocycles. The minimum atomic E-state index is -0.877. The molecule has 0 saturated carbocycles. The second-order valence-electron chi connectivity index (χ2n) is 5.07. The molecule has 0 saturated heterocycles. The van der Waals surface area contributed by atoms with Gasteiger partial charge in [-0.25, -0.2) is 14.5 Å². The minimum Gasteiger partial charge on any atom is -0.467 e. The van der Waals surface area contributed by atoms with E-state index in [1.165, 1.54) is 6.26 Å². The number of aliphatic hydroxyl groups excluding tert-OH is 1. The number of carbonyl (C=O) groups excluding carboxylic acids is 1. The van der Waals surface area contributed by atoms with E-state index >= 15 is 0 Å². The van der Waals surface area contributed by atoms with Gasteiger partial charge in [0, 0.05) is 25.1 Å². The van der Waals surface area contributed by atoms with Crippen LogP contribution in [0.3, 0.4) is 0 Å². The van der Waals surface area contributed by atoms with Crippen LogP contribution in [0, 0.1) is 0 Å². The molecule has 1 atom stereocenters. The van der Waals surface area contributed by atoms with Gasteiger partial charge in [-0.15, -0.1) is 0 Å². The van der Waals surface area contributed by atoms with Crippen molar-refractivity contribution < 1.29 is 14.3 Å². The average Bonchev–Trinajstić information content (AvgIpc) is 3.31. The Morgan fingerprint density at radius 1 is 1.29 bits per heavy atom. The Morgan fingerprint density at radius 3 is 2.96 bits per heavy atom. The van der Waals surface area contributed by atoms with Crippen LogP contribution < -0.4 is 10.6 Å². The summed E-state index contributed by atoms with van der Waals surface area (Å²) in [4.78, 5) is 16.0. The molecule has 2 amide bonds. The lowest BCUT2D eigenvalue weighted by atomic mass is 10.2. The van der Waals surface area contributed by atoms with Crippen LogP contribution in [0.4, 0.5) is 4.79 Å². The van der Waals surface area contributed by atoms with E-state index in [-0.39, 0.29) is 12.6 Å². The number of nitrogens with one attached hydrogen (secondary N) is 2. The van der Waals surface area contributed by atoms with E-state index in [1.54, 1.807) is 35.4 Å². The Bertz CT molecular complexity index is 771. The first-order chi connectivity index (χ1) is 11.7. The molecule has 0 fully saturated rings. The van der Waals surface area contributed by atoms with Gasteiger partial charge in [0.25, 0.3) is 0 Å². The number of carbonyl (C=O) groups is 1. The molecule has 0 aromatic carbocycles. The van der Waals surface area contributed by atoms with E-state index in [4.69, 9.17) is 4.42 Å². The van der Waals surface area contributed by atoms with Crippen molar-refractivity contribution in [3.63, 3.8) is 0 Å². The highest BCUT2D eigenvalue weighted by Gasteiger charge is 2.11. The fourth-order valence-electron chi connectivity index (χ4n) is 2.12. The van der Waals surface area contributed by atoms with Gasteiger partial charge in [0.15, 0.2) is 5.82 Å². The molecular formula is C16H17N5O3. The first-order valence-corrected chi connectivity index (χ1v) is 7.40. The van der Waals surface area contributed by atoms with Crippen LogP contribution >= 0.6 is 0 Å². The Hall–Kier alpha value is -3.13. The first kappa shape index (κ1) is 15.8. The van der Waals surface area contributed by atoms with Crippen molar-refractivity contribution in [3.05, 3.63) is 66.5 Å². The largest absolute Gasteiger partial charge is 0.467 e. The second kappa shape index (κ2) is 7.42. The predicted molar refractivity (Wildman–Crippen MR) is 85.3 cm³/mol. The van der Waals surface area contributed by atoms with Crippen LogP contribution in [0.1, 0.15) is 17.4 Å². The molecule has 3 N–H and O–H groups in total. The highest BCUT2D eigenvalue weighted by molar-refractivity contribution is 5.73. The van der Waals surface area contributed by atoms with Crippen LogP contribution in [0.2, 0.25) is 0 Å². The van der Waals surface area contributed by atoms with Crippen LogP contribution in [0.5, 0.6) is 0 Å². The van der Waals surface area contributed by atoms with Gasteiger partial charge in [0.2, 0.25) is 0 Å². The average molecular weight is 327 g/mol. The summed E-state index contributed by atoms with van der Waals surface area (Å²) < 4.78 is 6.71. The third kappa shape index (κ3) is 3.99. The number of aliphatic hydroxyl groups is 1. The van der Waals surface area contributed by atoms with E-state index in [2.05, 4.69) is 20.7 Å². The monoisotopic (exact) mass is 327 g/mol. The fraction of sp³-hybridized carbons (Fsp3) is 0.188. The maximum atomic E-state index is 11.8. The van der Waals surface area contributed by atoms with Crippen molar-refractivity contribution in [2.75, 3.05) is 6.54 Å². The predicted octanol–water partition coefficient (Wildman–Crippen LogP) is 1.39. The zero-order valence-corrected chi connectivity index (χ0v) is 12.8. The quantitative estimate of drug-likeness (QED) is 0.634. The van der Waals surface area contributed by atoms with Gasteiger partial charge in [0.1, 0.15) is 11.9 Å². The number of amides is 2. The Labute approximate surface area is 138 Å². The van der Waals surface area contributed by atoms with E-state index in [9.17, 15) is 9.90 Å². The topological polar surface area (TPSA) is 105 Å². The maximum Gasteiger partial charge on any atom is 0.315 e. The van der Waals surface area contributed by atoms with Crippen molar-refractivity contribution in [2.45, 2.75) is 12.6 Å². The van der Waals surface area contributed by atoms with Gasteiger partial charge in [-0.3, -0.25) is 0 Å². The highest BCUT2D eigenvalue weighted by Crippen LogP contribution is 2.11. The van der Waals surface area contributed by atoms with Crippen molar-refractivity contribution in [2.24, 2.45) is 0 Å². The Morgan fingerprint density at radius 2 is 2.21 bits per heavy atom. The van der Waals surface area contributed by atoms with Crippen LogP contribution in [-0.2, 0) is 6.54 Å². The smallest absolute Gasteiger partial charge is 0.315 e. The molecule has 3 heterocycles. The van der Waals surface area contributed by atoms with Gasteiger partial charge in [-0.1, -0.05) is 0 Å². The summed E-state index contributed by atoms with van der Waals surface area (Å²) in [6, 6.07) is 8.41. The molecule has 0 bridgehead atoms. The molecule has 0 radical (unpaired) electrons. The van der Waals surface area contributed by atoms with Gasteiger partial charge in [-0.2, -0.15) is 5.10 Å². The van der Waals surface area contributed by atoms with Crippen molar-refractivity contribution in [1.82, 2.24) is 25.4 Å². The van der Waals surface area contributed by atoms with E-state index in [0.717, 1.165) is 5.56 Å². The maximum absolute atomic E-state index is 11.8. The number of hydrogen-bond donors (Lipinski definition) is 3. The SMILES string of the molecule is O=C(NCc1ccnc(-n2cccn2)c1)NCC(O)c1ccco1. The number of pyridine rings is 1. The number of nitrogens with zero attached hydrogens (tertiary/aromatic N) is 3. The Kier molecular flexibility index (Phi) is 4.87. The number of furan rings is 1. The van der Waals surface area contributed by atoms with E-state index in [0.29, 0.717) is 18.1 Å². The summed E-state index contributed by atoms with van der Waals surface area (Å²) in [5.41, 5.74) is 0.886. The molecule has 124 valence electrons. The fourth-order valence-corrected chi connectivity index (χ4v) is 2.12. The molecule has 0 spiro atoms. The molecule has 3 aromatic rings. The molecule has 8 nitrogen and oxygen atoms in total. The van der Waals surface area contributed by atoms with E-state index in [1.807, 2.05) is 18.2 Å². The Balaban J connectivity index is 1.49. The lowest BCUT2D eigenvalue weighted by molar-refractivity contribution is 0.148. The zero-order chi connectivity index (χ0) is 16.8. The summed E-state index contributed by atoms with van der Waals surface area (Å²) in [5, 5.41) is 19.3. The zero-order valence-electron chi connectivity index (χ0n) is 12.8. The minimum absolute atomic E-state index is 0.0637. The van der Waals surface area contributed by atoms with Gasteiger partial charge in [-0.05, 0) is 35.9 Å². The van der Waals surface area contributed by atoms with Gasteiger partial charge >= 0.3 is 6.03 Å². The van der Waals surface area contributed by atoms with E-state index < -0.39 is 6.10 Å². The van der Waals surface area contributed by atoms with Crippen LogP contribution in [-0.4, -0.2) is 32.4 Å². The molecule has 8 heteroatoms. The molecule has 0 aliphatic carbocycles. The third-order valence-corrected chi connectivity index (χ3v) is 3.33. The summed E-state index contributed by atoms with van der Waals surface area (Å²) in [6.07, 6.45) is 5.72. The molecule has 1 unspecified atom stereocenters. The number of urea groups is 1. The number of hydrogen-bond acceptors (Lipinski definition) is 5. The molecule has 3 rings (SSSR count). The van der Waals surface area contributed by atoms with Gasteiger partial charge < -0.3 is 20.2 Å². The molecule has 0 aliphatic rings. The van der Waals surface area contributed by atoms with Gasteiger partial charge in [0.05, 0.1) is 12.8 Å². The second-order valence-corrected chi connectivity index (χ2v) is 5.07. The van der Waals surface area contributed by atoms with Crippen LogP contribution in [0.25, 0.3) is 5.82 Å². The standard InChI is InChI=1S/C16H17N5O3/c22-13(14-3-1-8-24-14)11-19-16(23)18-10-12-4-6-17-15(9-12)21-7-2-5-20-21/h1-9,13,22H,10-11H2,(H2,18,19,23). The molecule has 0 aliphatic heterocycles. The third-order valence-electron chi connectivity index (χ3n) is 3.33. The lowest BCUT2D eigenvalue weighted by Gasteiger charge is -2.11. The van der Waals surface area contributed by atoms with Crippen molar-refractivity contribution in [3.8, 4) is 5.82 Å². The number of rotatable bonds is 6. The summed E-state index contributed by atoms with van der Waals surface area (Å²) >= 11 is 0. The van der Waals surface area contributed by atoms with Crippen LogP contribution in [0.15, 0.2) is 59.6 Å². The number of aromatic nitrogens is 3. The molecular weight excluding hydrogens is 310 g/mol. The lowest BCUT2D eigenvalue weighted by Crippen LogP contribution is -2.37. The summed E-state index contributed by atoms with van der Waals surface area (Å²) in [7, 11) is 0. The highest BCUT2D eigenvalue weighted by atomic mass is 16.4. The molecule has 24 heavy (non-hydrogen) atoms. The summed E-state index contributed by atoms with van der Waals surface area (Å²) in [5.74, 6) is 1.08.